The minimum atomic E-state index is -0.499. The summed E-state index contributed by atoms with van der Waals surface area (Å²) >= 11 is 0. The number of nitrogens with one attached hydrogen (secondary N) is 1. The third-order valence-corrected chi connectivity index (χ3v) is 3.15. The molecule has 114 valence electrons. The van der Waals surface area contributed by atoms with Gasteiger partial charge in [0.25, 0.3) is 5.69 Å². The first-order valence-electron chi connectivity index (χ1n) is 6.56. The van der Waals surface area contributed by atoms with Gasteiger partial charge in [-0.3, -0.25) is 10.1 Å². The number of aliphatic hydroxyl groups is 1. The highest BCUT2D eigenvalue weighted by atomic mass is 16.6. The van der Waals surface area contributed by atoms with Crippen LogP contribution in [0.3, 0.4) is 0 Å². The number of carbonyl (C=O) groups excluding carboxylic acids is 1. The van der Waals surface area contributed by atoms with Gasteiger partial charge in [-0.1, -0.05) is 0 Å². The molecule has 8 heteroatoms. The summed E-state index contributed by atoms with van der Waals surface area (Å²) in [4.78, 5) is 23.7. The molecule has 1 heterocycles. The maximum atomic E-state index is 12.1. The number of ether oxygens (including phenoxy) is 1. The Kier molecular flexibility index (Phi) is 4.71. The van der Waals surface area contributed by atoms with E-state index in [0.29, 0.717) is 18.8 Å². The predicted octanol–water partition coefficient (Wildman–Crippen LogP) is 1.21. The van der Waals surface area contributed by atoms with Crippen molar-refractivity contribution in [3.8, 4) is 0 Å². The Morgan fingerprint density at radius 1 is 1.48 bits per heavy atom. The maximum Gasteiger partial charge on any atom is 0.322 e. The molecule has 1 aromatic rings. The fourth-order valence-corrected chi connectivity index (χ4v) is 2.18. The molecule has 8 nitrogen and oxygen atoms in total. The summed E-state index contributed by atoms with van der Waals surface area (Å²) in [5.41, 5.74) is 0.443. The highest BCUT2D eigenvalue weighted by molar-refractivity contribution is 5.89. The first-order chi connectivity index (χ1) is 9.99. The van der Waals surface area contributed by atoms with E-state index in [4.69, 9.17) is 9.84 Å². The lowest BCUT2D eigenvalue weighted by Crippen LogP contribution is -2.51. The van der Waals surface area contributed by atoms with E-state index in [9.17, 15) is 14.9 Å². The highest BCUT2D eigenvalue weighted by Crippen LogP contribution is 2.17. The van der Waals surface area contributed by atoms with Gasteiger partial charge in [0.2, 0.25) is 0 Å². The van der Waals surface area contributed by atoms with Gasteiger partial charge in [0, 0.05) is 24.4 Å². The lowest BCUT2D eigenvalue weighted by molar-refractivity contribution is -0.384. The molecule has 0 spiro atoms. The normalized spacial score (nSPS) is 21.9. The van der Waals surface area contributed by atoms with Crippen LogP contribution in [0.25, 0.3) is 0 Å². The van der Waals surface area contributed by atoms with Crippen LogP contribution in [0.4, 0.5) is 16.2 Å². The van der Waals surface area contributed by atoms with Crippen LogP contribution < -0.4 is 5.32 Å². The van der Waals surface area contributed by atoms with Crippen LogP contribution in [0, 0.1) is 10.1 Å². The van der Waals surface area contributed by atoms with Crippen molar-refractivity contribution in [2.75, 3.05) is 25.0 Å². The summed E-state index contributed by atoms with van der Waals surface area (Å²) in [6.45, 7) is 2.41. The zero-order valence-electron chi connectivity index (χ0n) is 11.6. The number of hydrogen-bond acceptors (Lipinski definition) is 5. The fourth-order valence-electron chi connectivity index (χ4n) is 2.18. The van der Waals surface area contributed by atoms with Crippen molar-refractivity contribution in [2.24, 2.45) is 0 Å². The molecule has 0 aromatic heterocycles. The zero-order chi connectivity index (χ0) is 15.4. The molecule has 1 aliphatic heterocycles. The second-order valence-electron chi connectivity index (χ2n) is 4.89. The third-order valence-electron chi connectivity index (χ3n) is 3.15. The largest absolute Gasteiger partial charge is 0.394 e. The third kappa shape index (κ3) is 3.89. The number of non-ortho nitro benzene ring substituents is 1. The number of anilines is 1. The molecular formula is C13H17N3O5. The molecular weight excluding hydrogens is 278 g/mol. The molecule has 2 amide bonds. The van der Waals surface area contributed by atoms with Gasteiger partial charge in [-0.05, 0) is 19.1 Å². The van der Waals surface area contributed by atoms with Crippen molar-refractivity contribution in [1.82, 2.24) is 4.90 Å². The molecule has 2 atom stereocenters. The minimum Gasteiger partial charge on any atom is -0.394 e. The molecule has 1 aliphatic rings. The lowest BCUT2D eigenvalue weighted by atomic mass is 10.2. The van der Waals surface area contributed by atoms with Gasteiger partial charge in [-0.2, -0.15) is 0 Å². The molecule has 0 radical (unpaired) electrons. The van der Waals surface area contributed by atoms with Crippen molar-refractivity contribution in [3.05, 3.63) is 34.4 Å². The number of morpholine rings is 1. The smallest absolute Gasteiger partial charge is 0.322 e. The first-order valence-corrected chi connectivity index (χ1v) is 6.56. The number of aliphatic hydroxyl groups excluding tert-OH is 1. The molecule has 1 fully saturated rings. The summed E-state index contributed by atoms with van der Waals surface area (Å²) in [5, 5.41) is 22.4. The van der Waals surface area contributed by atoms with E-state index in [0.717, 1.165) is 0 Å². The van der Waals surface area contributed by atoms with Crippen LogP contribution in [0.5, 0.6) is 0 Å². The number of nitro groups is 1. The quantitative estimate of drug-likeness (QED) is 0.644. The van der Waals surface area contributed by atoms with E-state index in [1.807, 2.05) is 6.92 Å². The van der Waals surface area contributed by atoms with E-state index in [-0.39, 0.29) is 24.4 Å². The molecule has 1 aromatic carbocycles. The van der Waals surface area contributed by atoms with Crippen LogP contribution in [0.1, 0.15) is 6.92 Å². The number of carbonyl (C=O) groups is 1. The maximum absolute atomic E-state index is 12.1. The van der Waals surface area contributed by atoms with Crippen molar-refractivity contribution >= 4 is 17.4 Å². The summed E-state index contributed by atoms with van der Waals surface area (Å²) in [6.07, 6.45) is -0.546. The topological polar surface area (TPSA) is 105 Å². The Balaban J connectivity index is 1.98. The number of nitrogens with zero attached hydrogens (tertiary/aromatic N) is 2. The number of rotatable bonds is 3. The molecule has 2 N–H and O–H groups in total. The van der Waals surface area contributed by atoms with Crippen LogP contribution in [0.15, 0.2) is 24.3 Å². The summed E-state index contributed by atoms with van der Waals surface area (Å²) in [5.74, 6) is 0. The monoisotopic (exact) mass is 295 g/mol. The average Bonchev–Trinajstić information content (AvgIpc) is 2.47. The van der Waals surface area contributed by atoms with Crippen molar-refractivity contribution < 1.29 is 19.6 Å². The van der Waals surface area contributed by atoms with Gasteiger partial charge in [0.1, 0.15) is 0 Å². The van der Waals surface area contributed by atoms with E-state index >= 15 is 0 Å². The summed E-state index contributed by atoms with van der Waals surface area (Å²) in [7, 11) is 0. The van der Waals surface area contributed by atoms with Crippen LogP contribution in [0.2, 0.25) is 0 Å². The van der Waals surface area contributed by atoms with Gasteiger partial charge in [0.05, 0.1) is 30.3 Å². The van der Waals surface area contributed by atoms with E-state index in [1.54, 1.807) is 4.90 Å². The molecule has 1 saturated heterocycles. The van der Waals surface area contributed by atoms with Crippen LogP contribution >= 0.6 is 0 Å². The van der Waals surface area contributed by atoms with Crippen molar-refractivity contribution in [2.45, 2.75) is 19.1 Å². The van der Waals surface area contributed by atoms with Crippen LogP contribution in [-0.4, -0.2) is 52.9 Å². The number of amides is 2. The van der Waals surface area contributed by atoms with E-state index < -0.39 is 11.0 Å². The number of benzene rings is 1. The van der Waals surface area contributed by atoms with Crippen LogP contribution in [-0.2, 0) is 4.74 Å². The Morgan fingerprint density at radius 2 is 2.14 bits per heavy atom. The fraction of sp³-hybridized carbons (Fsp3) is 0.462. The standard InChI is InChI=1S/C13H17N3O5/c1-9-6-15(7-12(8-17)21-9)13(18)14-10-2-4-11(5-3-10)16(19)20/h2-5,9,12,17H,6-8H2,1H3,(H,14,18). The Bertz CT molecular complexity index is 519. The molecule has 0 bridgehead atoms. The van der Waals surface area contributed by atoms with E-state index in [2.05, 4.69) is 5.32 Å². The summed E-state index contributed by atoms with van der Waals surface area (Å²) in [6, 6.07) is 5.28. The number of urea groups is 1. The predicted molar refractivity (Wildman–Crippen MR) is 75.1 cm³/mol. The zero-order valence-corrected chi connectivity index (χ0v) is 11.6. The average molecular weight is 295 g/mol. The van der Waals surface area contributed by atoms with Gasteiger partial charge in [-0.15, -0.1) is 0 Å². The number of nitro benzene ring substituents is 1. The summed E-state index contributed by atoms with van der Waals surface area (Å²) < 4.78 is 5.46. The molecule has 2 unspecified atom stereocenters. The minimum absolute atomic E-state index is 0.0339. The molecule has 0 aliphatic carbocycles. The van der Waals surface area contributed by atoms with Gasteiger partial charge < -0.3 is 20.1 Å². The van der Waals surface area contributed by atoms with Gasteiger partial charge >= 0.3 is 6.03 Å². The lowest BCUT2D eigenvalue weighted by Gasteiger charge is -2.35. The first kappa shape index (κ1) is 15.2. The Hall–Kier alpha value is -2.19. The SMILES string of the molecule is CC1CN(C(=O)Nc2ccc([N+](=O)[O-])cc2)CC(CO)O1. The second kappa shape index (κ2) is 6.51. The molecule has 0 saturated carbocycles. The Labute approximate surface area is 121 Å². The van der Waals surface area contributed by atoms with Crippen molar-refractivity contribution in [3.63, 3.8) is 0 Å². The van der Waals surface area contributed by atoms with Gasteiger partial charge in [0.15, 0.2) is 0 Å². The van der Waals surface area contributed by atoms with E-state index in [1.165, 1.54) is 24.3 Å². The Morgan fingerprint density at radius 3 is 2.71 bits per heavy atom. The molecule has 2 rings (SSSR count). The second-order valence-corrected chi connectivity index (χ2v) is 4.89. The van der Waals surface area contributed by atoms with Gasteiger partial charge in [-0.25, -0.2) is 4.79 Å². The molecule has 21 heavy (non-hydrogen) atoms. The highest BCUT2D eigenvalue weighted by Gasteiger charge is 2.28. The van der Waals surface area contributed by atoms with Crippen molar-refractivity contribution in [1.29, 1.82) is 0 Å². The number of hydrogen-bond donors (Lipinski definition) is 2.